The Kier molecular flexibility index (Phi) is 0.960. The molecule has 3 fully saturated rings. The molecular weight excluding hydrogens is 154 g/mol. The molecule has 0 spiro atoms. The Bertz CT molecular complexity index is 306. The lowest BCUT2D eigenvalue weighted by Crippen LogP contribution is -2.41. The Morgan fingerprint density at radius 2 is 2.33 bits per heavy atom. The number of hydrogen-bond donors (Lipinski definition) is 3. The number of nitrogens with two attached hydrogens (primary N) is 1. The zero-order chi connectivity index (χ0) is 8.18. The molecule has 1 aliphatic carbocycles. The van der Waals surface area contributed by atoms with Crippen LogP contribution in [0.15, 0.2) is 0 Å². The quantitative estimate of drug-likeness (QED) is 0.528. The summed E-state index contributed by atoms with van der Waals surface area (Å²) in [5, 5.41) is 10.2. The van der Waals surface area contributed by atoms with Crippen molar-refractivity contribution in [2.45, 2.75) is 18.4 Å². The molecule has 2 saturated heterocycles. The van der Waals surface area contributed by atoms with Crippen LogP contribution in [-0.4, -0.2) is 21.7 Å². The van der Waals surface area contributed by atoms with E-state index in [0.717, 1.165) is 18.3 Å². The highest BCUT2D eigenvalue weighted by Crippen LogP contribution is 2.49. The van der Waals surface area contributed by atoms with Crippen LogP contribution in [0.2, 0.25) is 0 Å². The van der Waals surface area contributed by atoms with Gasteiger partial charge in [0.1, 0.15) is 5.82 Å². The number of hydrogen-bond acceptors (Lipinski definition) is 4. The lowest BCUT2D eigenvalue weighted by atomic mass is 9.73. The Morgan fingerprint density at radius 3 is 2.83 bits per heavy atom. The third-order valence-electron chi connectivity index (χ3n) is 2.96. The van der Waals surface area contributed by atoms with Gasteiger partial charge in [-0.1, -0.05) is 0 Å². The topological polar surface area (TPSA) is 79.6 Å². The van der Waals surface area contributed by atoms with Gasteiger partial charge in [0.05, 0.1) is 5.54 Å². The van der Waals surface area contributed by atoms with Gasteiger partial charge in [-0.2, -0.15) is 4.98 Å². The van der Waals surface area contributed by atoms with E-state index in [-0.39, 0.29) is 5.54 Å². The van der Waals surface area contributed by atoms with Gasteiger partial charge in [-0.05, 0) is 25.3 Å². The fourth-order valence-corrected chi connectivity index (χ4v) is 2.32. The molecule has 12 heavy (non-hydrogen) atoms. The molecule has 0 amide bonds. The molecule has 1 saturated carbocycles. The standard InChI is InChI=1S/C7H11N5/c8-6-10-5(11-12-6)7-1-4(2-7)3-9-7/h4,9H,1-3H2,(H3,8,10,11,12). The van der Waals surface area contributed by atoms with E-state index in [1.165, 1.54) is 12.8 Å². The second kappa shape index (κ2) is 1.80. The van der Waals surface area contributed by atoms with Crippen LogP contribution >= 0.6 is 0 Å². The maximum Gasteiger partial charge on any atom is 0.239 e. The fraction of sp³-hybridized carbons (Fsp3) is 0.714. The summed E-state index contributed by atoms with van der Waals surface area (Å²) in [6.45, 7) is 1.11. The molecule has 0 radical (unpaired) electrons. The first-order valence-electron chi connectivity index (χ1n) is 4.22. The maximum atomic E-state index is 5.44. The zero-order valence-electron chi connectivity index (χ0n) is 6.67. The highest BCUT2D eigenvalue weighted by molar-refractivity contribution is 5.23. The average Bonchev–Trinajstić information content (AvgIpc) is 2.55. The van der Waals surface area contributed by atoms with E-state index in [0.29, 0.717) is 5.95 Å². The summed E-state index contributed by atoms with van der Waals surface area (Å²) in [5.74, 6) is 2.10. The van der Waals surface area contributed by atoms with Crippen molar-refractivity contribution in [3.63, 3.8) is 0 Å². The maximum absolute atomic E-state index is 5.44. The van der Waals surface area contributed by atoms with Crippen LogP contribution in [0.4, 0.5) is 5.95 Å². The molecule has 0 aromatic carbocycles. The zero-order valence-corrected chi connectivity index (χ0v) is 6.67. The highest BCUT2D eigenvalue weighted by atomic mass is 15.3. The third-order valence-corrected chi connectivity index (χ3v) is 2.96. The van der Waals surface area contributed by atoms with Gasteiger partial charge in [0.2, 0.25) is 5.95 Å². The summed E-state index contributed by atoms with van der Waals surface area (Å²) >= 11 is 0. The van der Waals surface area contributed by atoms with Crippen molar-refractivity contribution in [1.29, 1.82) is 0 Å². The summed E-state index contributed by atoms with van der Waals surface area (Å²) in [4.78, 5) is 4.15. The van der Waals surface area contributed by atoms with Crippen LogP contribution in [0.1, 0.15) is 18.7 Å². The number of anilines is 1. The van der Waals surface area contributed by atoms with Gasteiger partial charge >= 0.3 is 0 Å². The molecule has 4 N–H and O–H groups in total. The second-order valence-corrected chi connectivity index (χ2v) is 3.78. The van der Waals surface area contributed by atoms with Crippen LogP contribution in [0.3, 0.4) is 0 Å². The first-order chi connectivity index (χ1) is 5.78. The van der Waals surface area contributed by atoms with Crippen LogP contribution in [-0.2, 0) is 5.54 Å². The van der Waals surface area contributed by atoms with Gasteiger partial charge in [-0.15, -0.1) is 5.10 Å². The number of nitrogens with zero attached hydrogens (tertiary/aromatic N) is 2. The van der Waals surface area contributed by atoms with Gasteiger partial charge in [-0.25, -0.2) is 0 Å². The lowest BCUT2D eigenvalue weighted by molar-refractivity contribution is 0.216. The Balaban J connectivity index is 1.98. The minimum atomic E-state index is 0.0925. The van der Waals surface area contributed by atoms with Gasteiger partial charge in [0.25, 0.3) is 0 Å². The van der Waals surface area contributed by atoms with Crippen LogP contribution < -0.4 is 11.1 Å². The molecule has 1 aromatic heterocycles. The third kappa shape index (κ3) is 0.621. The lowest BCUT2D eigenvalue weighted by Gasteiger charge is -2.35. The molecule has 5 heteroatoms. The van der Waals surface area contributed by atoms with E-state index >= 15 is 0 Å². The minimum absolute atomic E-state index is 0.0925. The van der Waals surface area contributed by atoms with E-state index in [4.69, 9.17) is 5.73 Å². The fourth-order valence-electron chi connectivity index (χ4n) is 2.32. The van der Waals surface area contributed by atoms with Crippen molar-refractivity contribution < 1.29 is 0 Å². The summed E-state index contributed by atoms with van der Waals surface area (Å²) in [5.41, 5.74) is 5.53. The van der Waals surface area contributed by atoms with Crippen LogP contribution in [0, 0.1) is 5.92 Å². The summed E-state index contributed by atoms with van der Waals surface area (Å²) in [7, 11) is 0. The van der Waals surface area contributed by atoms with Crippen molar-refractivity contribution >= 4 is 5.95 Å². The van der Waals surface area contributed by atoms with E-state index in [1.54, 1.807) is 0 Å². The number of aromatic nitrogens is 3. The summed E-state index contributed by atoms with van der Waals surface area (Å²) in [6.07, 6.45) is 2.36. The predicted molar refractivity (Wildman–Crippen MR) is 43.2 cm³/mol. The molecule has 0 atom stereocenters. The second-order valence-electron chi connectivity index (χ2n) is 3.78. The van der Waals surface area contributed by atoms with E-state index in [2.05, 4.69) is 20.5 Å². The normalized spacial score (nSPS) is 38.2. The molecule has 64 valence electrons. The first-order valence-corrected chi connectivity index (χ1v) is 4.22. The molecule has 2 aliphatic heterocycles. The van der Waals surface area contributed by atoms with Crippen LogP contribution in [0.5, 0.6) is 0 Å². The number of nitrogen functional groups attached to an aromatic ring is 1. The molecule has 4 rings (SSSR count). The van der Waals surface area contributed by atoms with E-state index < -0.39 is 0 Å². The predicted octanol–water partition coefficient (Wildman–Crippen LogP) is -0.405. The largest absolute Gasteiger partial charge is 0.367 e. The van der Waals surface area contributed by atoms with Crippen molar-refractivity contribution in [3.8, 4) is 0 Å². The average molecular weight is 165 g/mol. The van der Waals surface area contributed by atoms with Gasteiger partial charge < -0.3 is 11.1 Å². The number of aromatic amines is 1. The van der Waals surface area contributed by atoms with Gasteiger partial charge in [-0.3, -0.25) is 5.10 Å². The van der Waals surface area contributed by atoms with Crippen molar-refractivity contribution in [2.75, 3.05) is 12.3 Å². The molecule has 3 heterocycles. The first kappa shape index (κ1) is 6.42. The summed E-state index contributed by atoms with van der Waals surface area (Å²) in [6, 6.07) is 0. The number of nitrogens with one attached hydrogen (secondary N) is 2. The number of H-pyrrole nitrogens is 1. The molecule has 2 bridgehead atoms. The monoisotopic (exact) mass is 165 g/mol. The number of fused-ring (bicyclic) bond motifs is 1. The van der Waals surface area contributed by atoms with Gasteiger partial charge in [0.15, 0.2) is 0 Å². The molecule has 5 nitrogen and oxygen atoms in total. The molecule has 0 unspecified atom stereocenters. The van der Waals surface area contributed by atoms with Crippen molar-refractivity contribution in [3.05, 3.63) is 5.82 Å². The van der Waals surface area contributed by atoms with Gasteiger partial charge in [0, 0.05) is 0 Å². The van der Waals surface area contributed by atoms with Crippen LogP contribution in [0.25, 0.3) is 0 Å². The van der Waals surface area contributed by atoms with E-state index in [9.17, 15) is 0 Å². The smallest absolute Gasteiger partial charge is 0.239 e. The van der Waals surface area contributed by atoms with Crippen molar-refractivity contribution in [2.24, 2.45) is 5.92 Å². The highest BCUT2D eigenvalue weighted by Gasteiger charge is 2.53. The Morgan fingerprint density at radius 1 is 1.50 bits per heavy atom. The molecule has 3 aliphatic rings. The number of rotatable bonds is 1. The Labute approximate surface area is 69.8 Å². The molecular formula is C7H11N5. The SMILES string of the molecule is Nc1n[nH]c(C23CC(CN2)C3)n1. The minimum Gasteiger partial charge on any atom is -0.367 e. The van der Waals surface area contributed by atoms with Crippen molar-refractivity contribution in [1.82, 2.24) is 20.5 Å². The molecule has 1 aromatic rings. The van der Waals surface area contributed by atoms with E-state index in [1.807, 2.05) is 0 Å². The summed E-state index contributed by atoms with van der Waals surface area (Å²) < 4.78 is 0. The Hall–Kier alpha value is -1.10.